The summed E-state index contributed by atoms with van der Waals surface area (Å²) in [7, 11) is 0. The largest absolute Gasteiger partial charge is 0.350 e. The SMILES string of the molecule is CCCC(CNC(=O)C(F)F)C(=O)CBr. The molecule has 88 valence electrons. The van der Waals surface area contributed by atoms with Crippen LogP contribution in [-0.2, 0) is 9.59 Å². The lowest BCUT2D eigenvalue weighted by molar-refractivity contribution is -0.132. The molecule has 6 heteroatoms. The number of rotatable bonds is 7. The van der Waals surface area contributed by atoms with Gasteiger partial charge < -0.3 is 5.32 Å². The predicted octanol–water partition coefficient (Wildman–Crippen LogP) is 1.75. The van der Waals surface area contributed by atoms with E-state index in [2.05, 4.69) is 21.2 Å². The highest BCUT2D eigenvalue weighted by molar-refractivity contribution is 9.09. The summed E-state index contributed by atoms with van der Waals surface area (Å²) in [4.78, 5) is 21.9. The highest BCUT2D eigenvalue weighted by Gasteiger charge is 2.20. The minimum absolute atomic E-state index is 0.0125. The van der Waals surface area contributed by atoms with Crippen molar-refractivity contribution >= 4 is 27.6 Å². The summed E-state index contributed by atoms with van der Waals surface area (Å²) in [5, 5.41) is 2.23. The first kappa shape index (κ1) is 14.5. The highest BCUT2D eigenvalue weighted by atomic mass is 79.9. The Kier molecular flexibility index (Phi) is 7.46. The van der Waals surface area contributed by atoms with Crippen LogP contribution in [0.25, 0.3) is 0 Å². The number of Topliss-reactive ketones (excluding diaryl/α,β-unsaturated/α-hetero) is 1. The van der Waals surface area contributed by atoms with Crippen LogP contribution in [0.15, 0.2) is 0 Å². The third kappa shape index (κ3) is 5.81. The van der Waals surface area contributed by atoms with E-state index in [-0.39, 0.29) is 23.6 Å². The van der Waals surface area contributed by atoms with Gasteiger partial charge in [-0.1, -0.05) is 29.3 Å². The molecule has 0 radical (unpaired) electrons. The summed E-state index contributed by atoms with van der Waals surface area (Å²) in [6.07, 6.45) is -1.66. The number of nitrogens with one attached hydrogen (secondary N) is 1. The van der Waals surface area contributed by atoms with E-state index < -0.39 is 12.3 Å². The second kappa shape index (κ2) is 7.73. The second-order valence-electron chi connectivity index (χ2n) is 3.13. The summed E-state index contributed by atoms with van der Waals surface area (Å²) >= 11 is 3.01. The number of carbonyl (C=O) groups excluding carboxylic acids is 2. The van der Waals surface area contributed by atoms with Crippen molar-refractivity contribution in [3.63, 3.8) is 0 Å². The van der Waals surface area contributed by atoms with Crippen molar-refractivity contribution in [1.82, 2.24) is 5.32 Å². The first-order chi connectivity index (χ1) is 7.02. The molecule has 0 saturated carbocycles. The van der Waals surface area contributed by atoms with E-state index in [0.717, 1.165) is 6.42 Å². The Balaban J connectivity index is 4.06. The number of ketones is 1. The fourth-order valence-electron chi connectivity index (χ4n) is 1.14. The minimum Gasteiger partial charge on any atom is -0.350 e. The molecule has 0 aliphatic heterocycles. The average Bonchev–Trinajstić information content (AvgIpc) is 2.22. The van der Waals surface area contributed by atoms with Gasteiger partial charge in [-0.25, -0.2) is 0 Å². The molecule has 15 heavy (non-hydrogen) atoms. The van der Waals surface area contributed by atoms with Crippen LogP contribution in [0.2, 0.25) is 0 Å². The zero-order valence-electron chi connectivity index (χ0n) is 8.43. The van der Waals surface area contributed by atoms with Gasteiger partial charge in [-0.3, -0.25) is 9.59 Å². The van der Waals surface area contributed by atoms with E-state index >= 15 is 0 Å². The van der Waals surface area contributed by atoms with Crippen LogP contribution in [-0.4, -0.2) is 30.0 Å². The van der Waals surface area contributed by atoms with Gasteiger partial charge in [0.1, 0.15) is 5.78 Å². The smallest absolute Gasteiger partial charge is 0.315 e. The molecule has 0 aliphatic rings. The van der Waals surface area contributed by atoms with E-state index in [1.54, 1.807) is 0 Å². The molecule has 0 aliphatic carbocycles. The Hall–Kier alpha value is -0.520. The third-order valence-electron chi connectivity index (χ3n) is 1.95. The number of amides is 1. The third-order valence-corrected chi connectivity index (χ3v) is 2.50. The second-order valence-corrected chi connectivity index (χ2v) is 3.69. The van der Waals surface area contributed by atoms with Crippen molar-refractivity contribution in [2.45, 2.75) is 26.2 Å². The number of alkyl halides is 3. The van der Waals surface area contributed by atoms with Gasteiger partial charge in [0.15, 0.2) is 0 Å². The fourth-order valence-corrected chi connectivity index (χ4v) is 1.59. The van der Waals surface area contributed by atoms with E-state index in [4.69, 9.17) is 0 Å². The van der Waals surface area contributed by atoms with Crippen molar-refractivity contribution in [2.24, 2.45) is 5.92 Å². The summed E-state index contributed by atoms with van der Waals surface area (Å²) in [5.74, 6) is -1.78. The standard InChI is InChI=1S/C9H14BrF2NO2/c1-2-3-6(7(14)4-10)5-13-9(15)8(11)12/h6,8H,2-5H2,1H3,(H,13,15). The number of carbonyl (C=O) groups is 2. The van der Waals surface area contributed by atoms with Crippen LogP contribution in [0.1, 0.15) is 19.8 Å². The van der Waals surface area contributed by atoms with Gasteiger partial charge in [-0.2, -0.15) is 8.78 Å². The van der Waals surface area contributed by atoms with Crippen molar-refractivity contribution in [3.8, 4) is 0 Å². The van der Waals surface area contributed by atoms with Crippen molar-refractivity contribution < 1.29 is 18.4 Å². The zero-order chi connectivity index (χ0) is 11.8. The lowest BCUT2D eigenvalue weighted by Gasteiger charge is -2.14. The summed E-state index contributed by atoms with van der Waals surface area (Å²) in [5.41, 5.74) is 0. The Bertz CT molecular complexity index is 224. The van der Waals surface area contributed by atoms with Crippen LogP contribution >= 0.6 is 15.9 Å². The van der Waals surface area contributed by atoms with Crippen molar-refractivity contribution in [1.29, 1.82) is 0 Å². The van der Waals surface area contributed by atoms with Crippen LogP contribution in [0.5, 0.6) is 0 Å². The number of halogens is 3. The Morgan fingerprint density at radius 3 is 2.40 bits per heavy atom. The van der Waals surface area contributed by atoms with Gasteiger partial charge in [0.2, 0.25) is 0 Å². The number of hydrogen-bond donors (Lipinski definition) is 1. The molecule has 0 aromatic rings. The molecule has 0 fully saturated rings. The first-order valence-corrected chi connectivity index (χ1v) is 5.79. The quantitative estimate of drug-likeness (QED) is 0.725. The van der Waals surface area contributed by atoms with Gasteiger partial charge in [0.25, 0.3) is 5.91 Å². The van der Waals surface area contributed by atoms with Crippen LogP contribution in [0.3, 0.4) is 0 Å². The maximum absolute atomic E-state index is 11.8. The Morgan fingerprint density at radius 2 is 2.00 bits per heavy atom. The normalized spacial score (nSPS) is 12.6. The molecular formula is C9H14BrF2NO2. The molecule has 0 spiro atoms. The van der Waals surface area contributed by atoms with E-state index in [9.17, 15) is 18.4 Å². The predicted molar refractivity (Wildman–Crippen MR) is 56.2 cm³/mol. The molecule has 0 heterocycles. The van der Waals surface area contributed by atoms with Gasteiger partial charge >= 0.3 is 6.43 Å². The van der Waals surface area contributed by atoms with E-state index in [1.807, 2.05) is 6.92 Å². The molecule has 0 saturated heterocycles. The van der Waals surface area contributed by atoms with Crippen molar-refractivity contribution in [3.05, 3.63) is 0 Å². The maximum atomic E-state index is 11.8. The van der Waals surface area contributed by atoms with Crippen LogP contribution in [0, 0.1) is 5.92 Å². The van der Waals surface area contributed by atoms with Crippen LogP contribution < -0.4 is 5.32 Å². The fraction of sp³-hybridized carbons (Fsp3) is 0.778. The van der Waals surface area contributed by atoms with Crippen LogP contribution in [0.4, 0.5) is 8.78 Å². The van der Waals surface area contributed by atoms with Gasteiger partial charge in [0.05, 0.1) is 5.33 Å². The molecule has 1 atom stereocenters. The topological polar surface area (TPSA) is 46.2 Å². The molecule has 1 N–H and O–H groups in total. The van der Waals surface area contributed by atoms with E-state index in [0.29, 0.717) is 6.42 Å². The Morgan fingerprint density at radius 1 is 1.40 bits per heavy atom. The summed E-state index contributed by atoms with van der Waals surface area (Å²) in [6, 6.07) is 0. The molecular weight excluding hydrogens is 272 g/mol. The average molecular weight is 286 g/mol. The van der Waals surface area contributed by atoms with E-state index in [1.165, 1.54) is 0 Å². The lowest BCUT2D eigenvalue weighted by atomic mass is 10.00. The molecule has 3 nitrogen and oxygen atoms in total. The zero-order valence-corrected chi connectivity index (χ0v) is 10.0. The molecule has 1 unspecified atom stereocenters. The summed E-state index contributed by atoms with van der Waals surface area (Å²) in [6.45, 7) is 1.88. The summed E-state index contributed by atoms with van der Waals surface area (Å²) < 4.78 is 23.7. The molecule has 0 rings (SSSR count). The number of hydrogen-bond acceptors (Lipinski definition) is 2. The van der Waals surface area contributed by atoms with Gasteiger partial charge in [0, 0.05) is 12.5 Å². The lowest BCUT2D eigenvalue weighted by Crippen LogP contribution is -2.36. The minimum atomic E-state index is -3.02. The maximum Gasteiger partial charge on any atom is 0.315 e. The highest BCUT2D eigenvalue weighted by Crippen LogP contribution is 2.08. The molecule has 0 aromatic heterocycles. The van der Waals surface area contributed by atoms with Crippen molar-refractivity contribution in [2.75, 3.05) is 11.9 Å². The Labute approximate surface area is 95.7 Å². The van der Waals surface area contributed by atoms with Gasteiger partial charge in [-0.05, 0) is 6.42 Å². The monoisotopic (exact) mass is 285 g/mol. The molecule has 0 bridgehead atoms. The first-order valence-electron chi connectivity index (χ1n) is 4.67. The van der Waals surface area contributed by atoms with Gasteiger partial charge in [-0.15, -0.1) is 0 Å². The molecule has 0 aromatic carbocycles. The molecule has 1 amide bonds.